The molecule has 0 saturated carbocycles. The van der Waals surface area contributed by atoms with Gasteiger partial charge in [0.2, 0.25) is 11.8 Å². The van der Waals surface area contributed by atoms with Gasteiger partial charge in [0.05, 0.1) is 32.7 Å². The van der Waals surface area contributed by atoms with E-state index < -0.39 is 49.4 Å². The summed E-state index contributed by atoms with van der Waals surface area (Å²) < 4.78 is 0. The number of nitrogens with one attached hydrogen (secondary N) is 4. The van der Waals surface area contributed by atoms with Crippen LogP contribution in [0.4, 0.5) is 0 Å². The van der Waals surface area contributed by atoms with Crippen molar-refractivity contribution in [3.63, 3.8) is 0 Å². The fraction of sp³-hybridized carbons (Fsp3) is 0.382. The number of carbonyl (C=O) groups is 5. The number of benzene rings is 2. The van der Waals surface area contributed by atoms with E-state index in [1.165, 1.54) is 14.7 Å². The Balaban J connectivity index is 1.26. The van der Waals surface area contributed by atoms with Crippen LogP contribution in [-0.2, 0) is 36.8 Å². The van der Waals surface area contributed by atoms with Gasteiger partial charge in [-0.3, -0.25) is 38.7 Å². The molecule has 274 valence electrons. The van der Waals surface area contributed by atoms with Gasteiger partial charge >= 0.3 is 17.9 Å². The van der Waals surface area contributed by atoms with Crippen LogP contribution in [0.5, 0.6) is 11.5 Å². The number of aliphatic carboxylic acids is 3. The van der Waals surface area contributed by atoms with Crippen molar-refractivity contribution in [3.8, 4) is 11.5 Å². The molecule has 0 fully saturated rings. The number of aromatic hydroxyl groups is 2. The zero-order valence-electron chi connectivity index (χ0n) is 27.9. The number of hydrogen-bond acceptors (Lipinski definition) is 10. The maximum atomic E-state index is 12.7. The van der Waals surface area contributed by atoms with Gasteiger partial charge in [0.1, 0.15) is 11.5 Å². The molecule has 4 rings (SSSR count). The molecule has 0 saturated heterocycles. The van der Waals surface area contributed by atoms with Gasteiger partial charge in [0.15, 0.2) is 0 Å². The first-order chi connectivity index (χ1) is 24.4. The van der Waals surface area contributed by atoms with Crippen molar-refractivity contribution in [1.82, 2.24) is 35.3 Å². The Morgan fingerprint density at radius 2 is 0.922 bits per heavy atom. The van der Waals surface area contributed by atoms with E-state index in [1.54, 1.807) is 48.8 Å². The first kappa shape index (κ1) is 38.2. The summed E-state index contributed by atoms with van der Waals surface area (Å²) in [6, 6.07) is 9.86. The summed E-state index contributed by atoms with van der Waals surface area (Å²) in [5.41, 5.74) is 3.44. The summed E-state index contributed by atoms with van der Waals surface area (Å²) >= 11 is 0. The molecule has 2 amide bonds. The molecule has 2 heterocycles. The molecule has 0 spiro atoms. The van der Waals surface area contributed by atoms with Crippen molar-refractivity contribution < 1.29 is 49.5 Å². The zero-order valence-corrected chi connectivity index (χ0v) is 27.9. The molecule has 17 heteroatoms. The highest BCUT2D eigenvalue weighted by molar-refractivity contribution is 5.86. The van der Waals surface area contributed by atoms with E-state index in [1.807, 2.05) is 0 Å². The van der Waals surface area contributed by atoms with Gasteiger partial charge in [-0.25, -0.2) is 0 Å². The third-order valence-corrected chi connectivity index (χ3v) is 8.21. The topological polar surface area (TPSA) is 252 Å². The van der Waals surface area contributed by atoms with Crippen molar-refractivity contribution in [2.75, 3.05) is 72.0 Å². The lowest BCUT2D eigenvalue weighted by molar-refractivity contribution is -0.141. The third kappa shape index (κ3) is 12.3. The minimum Gasteiger partial charge on any atom is -0.508 e. The van der Waals surface area contributed by atoms with Crippen molar-refractivity contribution in [2.45, 2.75) is 12.8 Å². The van der Waals surface area contributed by atoms with Crippen LogP contribution in [0.3, 0.4) is 0 Å². The Morgan fingerprint density at radius 1 is 0.549 bits per heavy atom. The van der Waals surface area contributed by atoms with E-state index in [2.05, 4.69) is 20.6 Å². The lowest BCUT2D eigenvalue weighted by atomic mass is 10.1. The van der Waals surface area contributed by atoms with Gasteiger partial charge in [-0.1, -0.05) is 0 Å². The standard InChI is InChI=1S/C34H43N7O10/c42-24-1-3-28-26(13-24)22(15-37-28)5-7-35-30(44)17-40(20-33(48)49)11-9-39(19-32(46)47)10-12-41(21-34(50)51)18-31(45)36-8-6-23-16-38-29-4-2-25(43)14-27(23)29/h1-4,13-16,37-38,42-43H,5-12,17-21H2,(H,35,44)(H,36,45)(H,46,47)(H,48,49)(H,50,51). The number of carboxylic acids is 3. The predicted octanol–water partition coefficient (Wildman–Crippen LogP) is 0.238. The van der Waals surface area contributed by atoms with E-state index >= 15 is 0 Å². The van der Waals surface area contributed by atoms with Crippen molar-refractivity contribution in [2.24, 2.45) is 0 Å². The summed E-state index contributed by atoms with van der Waals surface area (Å²) in [4.78, 5) is 70.6. The second-order valence-corrected chi connectivity index (χ2v) is 12.2. The molecule has 2 aromatic carbocycles. The van der Waals surface area contributed by atoms with E-state index in [0.717, 1.165) is 32.9 Å². The average molecular weight is 710 g/mol. The molecule has 0 radical (unpaired) electrons. The first-order valence-corrected chi connectivity index (χ1v) is 16.3. The van der Waals surface area contributed by atoms with Crippen LogP contribution in [0, 0.1) is 0 Å². The monoisotopic (exact) mass is 709 g/mol. The Labute approximate surface area is 292 Å². The minimum atomic E-state index is -1.17. The summed E-state index contributed by atoms with van der Waals surface area (Å²) in [5, 5.41) is 55.1. The van der Waals surface area contributed by atoms with E-state index in [0.29, 0.717) is 12.8 Å². The van der Waals surface area contributed by atoms with E-state index in [4.69, 9.17) is 0 Å². The number of nitrogens with zero attached hydrogens (tertiary/aromatic N) is 3. The van der Waals surface area contributed by atoms with Crippen LogP contribution < -0.4 is 10.6 Å². The number of aromatic amines is 2. The van der Waals surface area contributed by atoms with E-state index in [9.17, 15) is 49.5 Å². The molecule has 2 aromatic heterocycles. The van der Waals surface area contributed by atoms with Gasteiger partial charge in [0.25, 0.3) is 0 Å². The molecule has 9 N–H and O–H groups in total. The number of hydrogen-bond donors (Lipinski definition) is 9. The highest BCUT2D eigenvalue weighted by Gasteiger charge is 2.20. The molecule has 0 bridgehead atoms. The summed E-state index contributed by atoms with van der Waals surface area (Å²) in [6.07, 6.45) is 4.49. The lowest BCUT2D eigenvalue weighted by Gasteiger charge is -2.28. The van der Waals surface area contributed by atoms with Crippen molar-refractivity contribution in [3.05, 3.63) is 59.9 Å². The molecule has 0 aliphatic carbocycles. The fourth-order valence-electron chi connectivity index (χ4n) is 5.78. The molecule has 0 aliphatic rings. The number of phenols is 2. The Hall–Kier alpha value is -5.65. The number of fused-ring (bicyclic) bond motifs is 2. The van der Waals surface area contributed by atoms with Crippen LogP contribution >= 0.6 is 0 Å². The third-order valence-electron chi connectivity index (χ3n) is 8.21. The predicted molar refractivity (Wildman–Crippen MR) is 186 cm³/mol. The molecule has 0 atom stereocenters. The van der Waals surface area contributed by atoms with Crippen LogP contribution in [0.15, 0.2) is 48.8 Å². The number of rotatable bonds is 22. The summed E-state index contributed by atoms with van der Waals surface area (Å²) in [7, 11) is 0. The molecule has 51 heavy (non-hydrogen) atoms. The maximum absolute atomic E-state index is 12.7. The fourth-order valence-corrected chi connectivity index (χ4v) is 5.78. The molecule has 4 aromatic rings. The smallest absolute Gasteiger partial charge is 0.317 e. The number of phenolic OH excluding ortho intramolecular Hbond substituents is 2. The van der Waals surface area contributed by atoms with Gasteiger partial charge < -0.3 is 46.1 Å². The number of H-pyrrole nitrogens is 2. The number of carbonyl (C=O) groups excluding carboxylic acids is 2. The normalized spacial score (nSPS) is 11.5. The van der Waals surface area contributed by atoms with Crippen molar-refractivity contribution in [1.29, 1.82) is 0 Å². The minimum absolute atomic E-state index is 0.0275. The number of amides is 2. The molecule has 0 unspecified atom stereocenters. The second kappa shape index (κ2) is 18.4. The van der Waals surface area contributed by atoms with Crippen LogP contribution in [0.25, 0.3) is 21.8 Å². The molecular formula is C34H43N7O10. The first-order valence-electron chi connectivity index (χ1n) is 16.3. The Bertz CT molecular complexity index is 1710. The molecule has 17 nitrogen and oxygen atoms in total. The van der Waals surface area contributed by atoms with Gasteiger partial charge in [0, 0.05) is 73.5 Å². The van der Waals surface area contributed by atoms with Gasteiger partial charge in [-0.2, -0.15) is 0 Å². The van der Waals surface area contributed by atoms with E-state index in [-0.39, 0.29) is 63.9 Å². The highest BCUT2D eigenvalue weighted by atomic mass is 16.4. The molecule has 0 aliphatic heterocycles. The van der Waals surface area contributed by atoms with Gasteiger partial charge in [-0.15, -0.1) is 0 Å². The highest BCUT2D eigenvalue weighted by Crippen LogP contribution is 2.24. The Kier molecular flexibility index (Phi) is 13.7. The largest absolute Gasteiger partial charge is 0.508 e. The summed E-state index contributed by atoms with van der Waals surface area (Å²) in [5.74, 6) is -4.12. The van der Waals surface area contributed by atoms with Crippen LogP contribution in [0.2, 0.25) is 0 Å². The van der Waals surface area contributed by atoms with Crippen molar-refractivity contribution >= 4 is 51.5 Å². The summed E-state index contributed by atoms with van der Waals surface area (Å²) in [6.45, 7) is -1.21. The zero-order chi connectivity index (χ0) is 36.9. The van der Waals surface area contributed by atoms with Crippen LogP contribution in [-0.4, -0.2) is 152 Å². The number of carboxylic acid groups (broad SMARTS) is 3. The lowest BCUT2D eigenvalue weighted by Crippen LogP contribution is -2.47. The SMILES string of the molecule is O=C(O)CN(CCN(CC(=O)O)CC(=O)NCCc1c[nH]c2ccc(O)cc12)CCN(CC(=O)O)CC(=O)NCCc1c[nH]c2ccc(O)cc12. The molecular weight excluding hydrogens is 666 g/mol. The van der Waals surface area contributed by atoms with Crippen LogP contribution in [0.1, 0.15) is 11.1 Å². The quantitative estimate of drug-likeness (QED) is 0.0531. The Morgan fingerprint density at radius 3 is 1.31 bits per heavy atom. The average Bonchev–Trinajstić information content (AvgIpc) is 3.64. The van der Waals surface area contributed by atoms with Gasteiger partial charge in [-0.05, 0) is 60.4 Å². The maximum Gasteiger partial charge on any atom is 0.317 e. The number of aromatic nitrogens is 2. The second-order valence-electron chi connectivity index (χ2n) is 12.2.